The summed E-state index contributed by atoms with van der Waals surface area (Å²) in [5, 5.41) is 34.6. The highest BCUT2D eigenvalue weighted by molar-refractivity contribution is 5.69. The van der Waals surface area contributed by atoms with Crippen LogP contribution in [0.2, 0.25) is 0 Å². The number of aliphatic carboxylic acids is 4. The quantitative estimate of drug-likeness (QED) is 0.251. The molecule has 0 saturated heterocycles. The highest BCUT2D eigenvalue weighted by Gasteiger charge is 2.16. The minimum Gasteiger partial charge on any atom is -0.481 e. The van der Waals surface area contributed by atoms with Crippen molar-refractivity contribution in [3.63, 3.8) is 0 Å². The molecular weight excluding hydrogens is 398 g/mol. The third kappa shape index (κ3) is 20.5. The first-order chi connectivity index (χ1) is 14.0. The monoisotopic (exact) mass is 435 g/mol. The van der Waals surface area contributed by atoms with Gasteiger partial charge < -0.3 is 20.4 Å². The van der Waals surface area contributed by atoms with Crippen molar-refractivity contribution in [1.29, 1.82) is 0 Å². The lowest BCUT2D eigenvalue weighted by Gasteiger charge is -2.28. The van der Waals surface area contributed by atoms with Crippen LogP contribution >= 0.6 is 0 Å². The Kier molecular flexibility index (Phi) is 18.7. The molecule has 0 atom stereocenters. The summed E-state index contributed by atoms with van der Waals surface area (Å²) in [4.78, 5) is 47.5. The molecule has 11 nitrogen and oxygen atoms in total. The van der Waals surface area contributed by atoms with Gasteiger partial charge in [0, 0.05) is 32.6 Å². The molecule has 0 spiro atoms. The molecule has 0 saturated carbocycles. The predicted molar refractivity (Wildman–Crippen MR) is 111 cm³/mol. The summed E-state index contributed by atoms with van der Waals surface area (Å²) in [5.74, 6) is -3.52. The van der Waals surface area contributed by atoms with E-state index < -0.39 is 23.9 Å². The second-order valence-electron chi connectivity index (χ2n) is 6.76. The van der Waals surface area contributed by atoms with Gasteiger partial charge in [0.1, 0.15) is 0 Å². The van der Waals surface area contributed by atoms with E-state index in [4.69, 9.17) is 20.4 Å². The van der Waals surface area contributed by atoms with E-state index in [0.717, 1.165) is 12.8 Å². The van der Waals surface area contributed by atoms with Gasteiger partial charge in [-0.05, 0) is 25.9 Å². The lowest BCUT2D eigenvalue weighted by Crippen LogP contribution is -2.44. The SMILES string of the molecule is CCC(=O)O.CCCN(CCN(CCN(CCC)CC(=O)O)CC(=O)O)CC(=O)O. The van der Waals surface area contributed by atoms with Crippen LogP contribution in [0, 0.1) is 0 Å². The van der Waals surface area contributed by atoms with Crippen molar-refractivity contribution < 1.29 is 39.6 Å². The highest BCUT2D eigenvalue weighted by Crippen LogP contribution is 1.98. The Morgan fingerprint density at radius 1 is 0.500 bits per heavy atom. The molecular formula is C19H37N3O8. The van der Waals surface area contributed by atoms with E-state index in [1.54, 1.807) is 21.6 Å². The standard InChI is InChI=1S/C16H31N3O6.C3H6O2/c1-3-5-17(11-14(20)21)7-9-19(13-16(24)25)10-8-18(6-4-2)12-15(22)23;1-2-3(4)5/h3-13H2,1-2H3,(H,20,21)(H,22,23)(H,24,25);2H2,1H3,(H,4,5). The summed E-state index contributed by atoms with van der Waals surface area (Å²) < 4.78 is 0. The molecule has 0 aromatic rings. The fraction of sp³-hybridized carbons (Fsp3) is 0.789. The van der Waals surface area contributed by atoms with Gasteiger partial charge in [-0.25, -0.2) is 0 Å². The molecule has 0 aromatic carbocycles. The summed E-state index contributed by atoms with van der Waals surface area (Å²) in [7, 11) is 0. The number of nitrogens with zero attached hydrogens (tertiary/aromatic N) is 3. The van der Waals surface area contributed by atoms with Gasteiger partial charge in [0.25, 0.3) is 0 Å². The van der Waals surface area contributed by atoms with E-state index in [9.17, 15) is 19.2 Å². The zero-order chi connectivity index (χ0) is 23.5. The highest BCUT2D eigenvalue weighted by atomic mass is 16.4. The van der Waals surface area contributed by atoms with Crippen LogP contribution in [-0.4, -0.2) is 118 Å². The average Bonchev–Trinajstić information content (AvgIpc) is 2.63. The first kappa shape index (κ1) is 30.0. The maximum absolute atomic E-state index is 11.0. The van der Waals surface area contributed by atoms with Crippen LogP contribution in [0.15, 0.2) is 0 Å². The van der Waals surface area contributed by atoms with E-state index >= 15 is 0 Å². The Balaban J connectivity index is 0. The first-order valence-corrected chi connectivity index (χ1v) is 10.1. The number of carboxylic acids is 4. The van der Waals surface area contributed by atoms with Crippen molar-refractivity contribution in [3.8, 4) is 0 Å². The Morgan fingerprint density at radius 2 is 0.733 bits per heavy atom. The maximum atomic E-state index is 11.0. The molecule has 11 heteroatoms. The predicted octanol–water partition coefficient (Wildman–Crippen LogP) is 0.447. The van der Waals surface area contributed by atoms with Gasteiger partial charge in [-0.3, -0.25) is 33.9 Å². The summed E-state index contributed by atoms with van der Waals surface area (Å²) in [5.41, 5.74) is 0. The van der Waals surface area contributed by atoms with Crippen molar-refractivity contribution in [2.45, 2.75) is 40.0 Å². The van der Waals surface area contributed by atoms with E-state index in [2.05, 4.69) is 0 Å². The van der Waals surface area contributed by atoms with Gasteiger partial charge in [0.05, 0.1) is 19.6 Å². The number of rotatable bonds is 17. The molecule has 0 aromatic heterocycles. The van der Waals surface area contributed by atoms with Gasteiger partial charge in [-0.1, -0.05) is 20.8 Å². The second kappa shape index (κ2) is 18.8. The molecule has 0 aliphatic rings. The molecule has 0 amide bonds. The average molecular weight is 436 g/mol. The molecule has 0 aliphatic carbocycles. The van der Waals surface area contributed by atoms with Crippen molar-refractivity contribution in [2.75, 3.05) is 58.9 Å². The lowest BCUT2D eigenvalue weighted by molar-refractivity contribution is -0.140. The van der Waals surface area contributed by atoms with Crippen molar-refractivity contribution in [1.82, 2.24) is 14.7 Å². The van der Waals surface area contributed by atoms with Crippen LogP contribution in [0.3, 0.4) is 0 Å². The zero-order valence-electron chi connectivity index (χ0n) is 18.2. The third-order valence-corrected chi connectivity index (χ3v) is 3.92. The van der Waals surface area contributed by atoms with Crippen molar-refractivity contribution >= 4 is 23.9 Å². The van der Waals surface area contributed by atoms with Gasteiger partial charge in [0.15, 0.2) is 0 Å². The number of hydrogen-bond donors (Lipinski definition) is 4. The number of carboxylic acid groups (broad SMARTS) is 4. The minimum absolute atomic E-state index is 0.0737. The molecule has 0 heterocycles. The van der Waals surface area contributed by atoms with Crippen LogP contribution in [0.5, 0.6) is 0 Å². The minimum atomic E-state index is -0.958. The molecule has 30 heavy (non-hydrogen) atoms. The maximum Gasteiger partial charge on any atom is 0.317 e. The largest absolute Gasteiger partial charge is 0.481 e. The Bertz CT molecular complexity index is 486. The molecule has 0 unspecified atom stereocenters. The molecule has 176 valence electrons. The number of carbonyl (C=O) groups is 4. The Hall–Kier alpha value is -2.24. The molecule has 0 aliphatic heterocycles. The molecule has 0 bridgehead atoms. The smallest absolute Gasteiger partial charge is 0.317 e. The summed E-state index contributed by atoms with van der Waals surface area (Å²) >= 11 is 0. The van der Waals surface area contributed by atoms with Crippen LogP contribution in [0.25, 0.3) is 0 Å². The number of hydrogen-bond acceptors (Lipinski definition) is 7. The topological polar surface area (TPSA) is 159 Å². The van der Waals surface area contributed by atoms with Crippen LogP contribution in [0.4, 0.5) is 0 Å². The van der Waals surface area contributed by atoms with E-state index in [1.165, 1.54) is 0 Å². The lowest BCUT2D eigenvalue weighted by atomic mass is 10.3. The van der Waals surface area contributed by atoms with Gasteiger partial charge in [-0.2, -0.15) is 0 Å². The van der Waals surface area contributed by atoms with E-state index in [1.807, 2.05) is 13.8 Å². The van der Waals surface area contributed by atoms with Crippen LogP contribution < -0.4 is 0 Å². The fourth-order valence-electron chi connectivity index (χ4n) is 2.58. The Morgan fingerprint density at radius 3 is 0.900 bits per heavy atom. The zero-order valence-corrected chi connectivity index (χ0v) is 18.2. The molecule has 0 radical (unpaired) electrons. The van der Waals surface area contributed by atoms with Crippen molar-refractivity contribution in [3.05, 3.63) is 0 Å². The molecule has 0 rings (SSSR count). The van der Waals surface area contributed by atoms with Crippen LogP contribution in [0.1, 0.15) is 40.0 Å². The molecule has 4 N–H and O–H groups in total. The Labute approximate surface area is 177 Å². The second-order valence-corrected chi connectivity index (χ2v) is 6.76. The van der Waals surface area contributed by atoms with Crippen molar-refractivity contribution in [2.24, 2.45) is 0 Å². The summed E-state index contributed by atoms with van der Waals surface area (Å²) in [6, 6.07) is 0. The van der Waals surface area contributed by atoms with Gasteiger partial charge >= 0.3 is 23.9 Å². The van der Waals surface area contributed by atoms with E-state index in [0.29, 0.717) is 39.3 Å². The fourth-order valence-corrected chi connectivity index (χ4v) is 2.58. The first-order valence-electron chi connectivity index (χ1n) is 10.1. The summed E-state index contributed by atoms with van der Waals surface area (Å²) in [6.07, 6.45) is 1.85. The van der Waals surface area contributed by atoms with Gasteiger partial charge in [-0.15, -0.1) is 0 Å². The summed E-state index contributed by atoms with van der Waals surface area (Å²) in [6.45, 7) is 8.24. The normalized spacial score (nSPS) is 10.7. The molecule has 0 fully saturated rings. The van der Waals surface area contributed by atoms with Gasteiger partial charge in [0.2, 0.25) is 0 Å². The van der Waals surface area contributed by atoms with Crippen LogP contribution in [-0.2, 0) is 19.2 Å². The van der Waals surface area contributed by atoms with E-state index in [-0.39, 0.29) is 26.1 Å². The third-order valence-electron chi connectivity index (χ3n) is 3.92.